The maximum atomic E-state index is 11.2. The molecule has 214 valence electrons. The molecule has 39 heavy (non-hydrogen) atoms. The van der Waals surface area contributed by atoms with Gasteiger partial charge in [-0.2, -0.15) is 0 Å². The van der Waals surface area contributed by atoms with Crippen LogP contribution in [0.15, 0.2) is 52.0 Å². The summed E-state index contributed by atoms with van der Waals surface area (Å²) in [4.78, 5) is 0. The minimum absolute atomic E-state index is 0.234. The number of aliphatic hydroxyl groups excluding tert-OH is 3. The van der Waals surface area contributed by atoms with Crippen LogP contribution in [0.3, 0.4) is 0 Å². The third-order valence-electron chi connectivity index (χ3n) is 10.5. The highest BCUT2D eigenvalue weighted by atomic mass is 16.4. The molecule has 6 nitrogen and oxygen atoms in total. The van der Waals surface area contributed by atoms with Gasteiger partial charge in [-0.05, 0) is 92.1 Å². The Morgan fingerprint density at radius 2 is 1.92 bits per heavy atom. The Balaban J connectivity index is 1.26. The van der Waals surface area contributed by atoms with Crippen LogP contribution in [-0.2, 0) is 11.8 Å². The van der Waals surface area contributed by atoms with Crippen molar-refractivity contribution in [1.82, 2.24) is 10.2 Å². The normalized spacial score (nSPS) is 36.0. The fraction of sp³-hybridized carbons (Fsp3) is 0.697. The smallest absolute Gasteiger partial charge is 0.225 e. The first-order valence-electron chi connectivity index (χ1n) is 15.3. The predicted molar refractivity (Wildman–Crippen MR) is 153 cm³/mol. The Hall–Kier alpha value is -2.02. The van der Waals surface area contributed by atoms with Crippen molar-refractivity contribution in [3.8, 4) is 0 Å². The molecule has 1 aromatic heterocycles. The molecule has 4 fully saturated rings. The molecule has 3 N–H and O–H groups in total. The van der Waals surface area contributed by atoms with Crippen LogP contribution in [0.1, 0.15) is 103 Å². The van der Waals surface area contributed by atoms with Crippen LogP contribution < -0.4 is 0 Å². The Bertz CT molecular complexity index is 1130. The minimum atomic E-state index is -0.647. The molecule has 0 bridgehead atoms. The van der Waals surface area contributed by atoms with Crippen LogP contribution in [0, 0.1) is 23.2 Å². The fourth-order valence-corrected chi connectivity index (χ4v) is 7.86. The van der Waals surface area contributed by atoms with Crippen LogP contribution in [0.2, 0.25) is 0 Å². The topological polar surface area (TPSA) is 99.6 Å². The summed E-state index contributed by atoms with van der Waals surface area (Å²) in [6.45, 7) is 11.0. The van der Waals surface area contributed by atoms with Crippen LogP contribution in [-0.4, -0.2) is 43.8 Å². The highest BCUT2D eigenvalue weighted by Crippen LogP contribution is 2.60. The first kappa shape index (κ1) is 28.5. The zero-order chi connectivity index (χ0) is 27.8. The molecule has 6 heteroatoms. The summed E-state index contributed by atoms with van der Waals surface area (Å²) in [7, 11) is 0. The van der Waals surface area contributed by atoms with Gasteiger partial charge in [-0.3, -0.25) is 0 Å². The van der Waals surface area contributed by atoms with Crippen LogP contribution >= 0.6 is 0 Å². The van der Waals surface area contributed by atoms with Gasteiger partial charge in [-0.1, -0.05) is 63.6 Å². The summed E-state index contributed by atoms with van der Waals surface area (Å²) in [5, 5.41) is 40.1. The molecule has 0 aromatic carbocycles. The maximum absolute atomic E-state index is 11.2. The zero-order valence-electron chi connectivity index (χ0n) is 24.1. The largest absolute Gasteiger partial charge is 0.425 e. The van der Waals surface area contributed by atoms with Gasteiger partial charge in [0.15, 0.2) is 0 Å². The van der Waals surface area contributed by atoms with Crippen LogP contribution in [0.25, 0.3) is 0 Å². The van der Waals surface area contributed by atoms with E-state index in [0.29, 0.717) is 42.4 Å². The molecular formula is C33H48N2O4. The molecule has 0 radical (unpaired) electrons. The van der Waals surface area contributed by atoms with Gasteiger partial charge in [0.05, 0.1) is 23.7 Å². The van der Waals surface area contributed by atoms with Gasteiger partial charge >= 0.3 is 0 Å². The number of aromatic nitrogens is 2. The lowest BCUT2D eigenvalue weighted by Gasteiger charge is -2.44. The lowest BCUT2D eigenvalue weighted by Crippen LogP contribution is -2.35. The Morgan fingerprint density at radius 1 is 1.13 bits per heavy atom. The number of unbranched alkanes of at least 4 members (excludes halogenated alkanes) is 1. The quantitative estimate of drug-likeness (QED) is 0.328. The lowest BCUT2D eigenvalue weighted by atomic mass is 9.61. The first-order chi connectivity index (χ1) is 18.7. The minimum Gasteiger partial charge on any atom is -0.425 e. The van der Waals surface area contributed by atoms with Gasteiger partial charge in [-0.25, -0.2) is 0 Å². The van der Waals surface area contributed by atoms with E-state index in [1.807, 2.05) is 6.08 Å². The van der Waals surface area contributed by atoms with E-state index in [9.17, 15) is 15.3 Å². The van der Waals surface area contributed by atoms with Gasteiger partial charge < -0.3 is 19.7 Å². The number of aryl methyl sites for hydroxylation is 1. The van der Waals surface area contributed by atoms with Gasteiger partial charge in [0.25, 0.3) is 0 Å². The summed E-state index contributed by atoms with van der Waals surface area (Å²) in [5.74, 6) is 2.77. The molecule has 4 aliphatic carbocycles. The highest BCUT2D eigenvalue weighted by molar-refractivity contribution is 5.38. The van der Waals surface area contributed by atoms with E-state index >= 15 is 0 Å². The van der Waals surface area contributed by atoms with Crippen molar-refractivity contribution < 1.29 is 19.7 Å². The number of rotatable bonds is 9. The van der Waals surface area contributed by atoms with Crippen molar-refractivity contribution >= 4 is 0 Å². The van der Waals surface area contributed by atoms with Crippen molar-refractivity contribution in [1.29, 1.82) is 0 Å². The number of hydrogen-bond acceptors (Lipinski definition) is 6. The summed E-state index contributed by atoms with van der Waals surface area (Å²) in [5.41, 5.74) is 3.06. The Morgan fingerprint density at radius 3 is 2.67 bits per heavy atom. The number of hydrogen-bond donors (Lipinski definition) is 3. The van der Waals surface area contributed by atoms with Crippen molar-refractivity contribution in [2.45, 2.75) is 122 Å². The summed E-state index contributed by atoms with van der Waals surface area (Å²) >= 11 is 0. The molecule has 4 saturated carbocycles. The maximum Gasteiger partial charge on any atom is 0.225 e. The van der Waals surface area contributed by atoms with Crippen LogP contribution in [0.4, 0.5) is 0 Å². The molecule has 0 spiro atoms. The van der Waals surface area contributed by atoms with E-state index in [1.165, 1.54) is 31.3 Å². The molecule has 7 atom stereocenters. The second-order valence-corrected chi connectivity index (χ2v) is 13.1. The SMILES string of the molecule is C=C1/C(=C\C=C2/CCC[C@]3(C)[C@@H]([C@H](C)/C=C/[C@H](O)C4(c5nnc(CCCC)o5)CC4)CC[C@@H]23)C[C@@H](O)C[C@@H]1O. The average Bonchev–Trinajstić information content (AvgIpc) is 3.44. The first-order valence-corrected chi connectivity index (χ1v) is 15.3. The Labute approximate surface area is 234 Å². The molecule has 0 amide bonds. The third-order valence-corrected chi connectivity index (χ3v) is 10.5. The molecule has 1 aromatic rings. The third kappa shape index (κ3) is 5.62. The summed E-state index contributed by atoms with van der Waals surface area (Å²) < 4.78 is 5.96. The van der Waals surface area contributed by atoms with Crippen molar-refractivity contribution in [3.05, 3.63) is 59.4 Å². The highest BCUT2D eigenvalue weighted by Gasteiger charge is 2.54. The number of aliphatic hydroxyl groups is 3. The molecular weight excluding hydrogens is 488 g/mol. The zero-order valence-corrected chi connectivity index (χ0v) is 24.1. The van der Waals surface area contributed by atoms with E-state index in [1.54, 1.807) is 0 Å². The van der Waals surface area contributed by atoms with Crippen molar-refractivity contribution in [2.24, 2.45) is 23.2 Å². The number of nitrogens with zero attached hydrogens (tertiary/aromatic N) is 2. The second-order valence-electron chi connectivity index (χ2n) is 13.1. The predicted octanol–water partition coefficient (Wildman–Crippen LogP) is 6.14. The van der Waals surface area contributed by atoms with E-state index in [4.69, 9.17) is 4.42 Å². The molecule has 5 rings (SSSR count). The lowest BCUT2D eigenvalue weighted by molar-refractivity contribution is 0.0862. The van der Waals surface area contributed by atoms with Crippen molar-refractivity contribution in [2.75, 3.05) is 0 Å². The number of fused-ring (bicyclic) bond motifs is 1. The molecule has 1 heterocycles. The summed E-state index contributed by atoms with van der Waals surface area (Å²) in [6.07, 6.45) is 18.4. The van der Waals surface area contributed by atoms with E-state index in [0.717, 1.165) is 49.7 Å². The summed E-state index contributed by atoms with van der Waals surface area (Å²) in [6, 6.07) is 0. The second kappa shape index (κ2) is 11.5. The fourth-order valence-electron chi connectivity index (χ4n) is 7.86. The van der Waals surface area contributed by atoms with Gasteiger partial charge in [0.1, 0.15) is 0 Å². The van der Waals surface area contributed by atoms with Gasteiger partial charge in [0.2, 0.25) is 11.8 Å². The monoisotopic (exact) mass is 536 g/mol. The molecule has 0 aliphatic heterocycles. The van der Waals surface area contributed by atoms with E-state index in [-0.39, 0.29) is 5.41 Å². The van der Waals surface area contributed by atoms with Gasteiger partial charge in [-0.15, -0.1) is 10.2 Å². The molecule has 0 unspecified atom stereocenters. The van der Waals surface area contributed by atoms with E-state index < -0.39 is 23.7 Å². The van der Waals surface area contributed by atoms with Crippen LogP contribution in [0.5, 0.6) is 0 Å². The molecule has 4 aliphatic rings. The van der Waals surface area contributed by atoms with E-state index in [2.05, 4.69) is 55.8 Å². The average molecular weight is 537 g/mol. The molecule has 0 saturated heterocycles. The van der Waals surface area contributed by atoms with Gasteiger partial charge in [0, 0.05) is 12.8 Å². The Kier molecular flexibility index (Phi) is 8.38. The standard InChI is InChI=1S/C33H48N2O4/c1-5-6-9-30-34-35-31(39-30)33(17-18-33)29(38)15-10-21(2)26-13-14-27-23(8-7-16-32(26,27)4)11-12-24-19-25(36)20-28(37)22(24)3/h10-12,15,21,25-29,36-38H,3,5-9,13-14,16-20H2,1-2,4H3/b15-10+,23-11+,24-12-/t21-,25-,26-,27+,28+,29+,32-/m1/s1. The van der Waals surface area contributed by atoms with Crippen molar-refractivity contribution in [3.63, 3.8) is 0 Å². The number of allylic oxidation sites excluding steroid dienone is 4.